The average molecular weight is 795 g/mol. The molecular weight excluding hydrogens is 741 g/mol. The summed E-state index contributed by atoms with van der Waals surface area (Å²) in [5.74, 6) is 1.02. The van der Waals surface area contributed by atoms with Gasteiger partial charge in [0.15, 0.2) is 0 Å². The average Bonchev–Trinajstić information content (AvgIpc) is 4.07. The second-order valence-electron chi connectivity index (χ2n) is 15.9. The number of hydrogen-bond donors (Lipinski definition) is 4. The standard InChI is InChI=1S/C43H54N8O7/c1-26(2)35(49-42(55)57-5)39(53)51-22-9-20-43(51,3)40-44-24-32(46-40)29-16-12-27(13-17-29)28-14-18-30(19-15-28)36-33-25-58-23-7-6-10-31(47-41(54)56-4)38(52)50-21-8-11-34(50)37(45-33)48-36/h12-19,24,26,31,34-35H,6-11,20-23,25H2,1-5H3,(H,44,46)(H,45,48)(H,47,54)(H,49,55)/t31-,34-,35-,43-/m0/s1. The monoisotopic (exact) mass is 794 g/mol. The predicted octanol–water partition coefficient (Wildman–Crippen LogP) is 6.44. The van der Waals surface area contributed by atoms with Crippen molar-refractivity contribution in [2.24, 2.45) is 5.92 Å². The van der Waals surface area contributed by atoms with Crippen molar-refractivity contribution >= 4 is 24.0 Å². The molecule has 7 rings (SSSR count). The maximum atomic E-state index is 13.8. The van der Waals surface area contributed by atoms with Gasteiger partial charge in [0.25, 0.3) is 0 Å². The van der Waals surface area contributed by atoms with E-state index in [0.717, 1.165) is 77.9 Å². The van der Waals surface area contributed by atoms with Crippen molar-refractivity contribution in [2.75, 3.05) is 33.9 Å². The van der Waals surface area contributed by atoms with Gasteiger partial charge in [-0.25, -0.2) is 19.6 Å². The molecule has 308 valence electrons. The summed E-state index contributed by atoms with van der Waals surface area (Å²) >= 11 is 0. The Morgan fingerprint density at radius 3 is 2.26 bits per heavy atom. The molecule has 2 bridgehead atoms. The zero-order chi connectivity index (χ0) is 41.0. The summed E-state index contributed by atoms with van der Waals surface area (Å²) in [5.41, 5.74) is 5.84. The lowest BCUT2D eigenvalue weighted by molar-refractivity contribution is -0.138. The van der Waals surface area contributed by atoms with Gasteiger partial charge in [-0.2, -0.15) is 0 Å². The normalized spacial score (nSPS) is 21.7. The summed E-state index contributed by atoms with van der Waals surface area (Å²) in [5, 5.41) is 5.46. The lowest BCUT2D eigenvalue weighted by Gasteiger charge is -2.37. The van der Waals surface area contributed by atoms with Crippen molar-refractivity contribution in [3.8, 4) is 33.6 Å². The molecule has 0 radical (unpaired) electrons. The highest BCUT2D eigenvalue weighted by molar-refractivity contribution is 5.87. The highest BCUT2D eigenvalue weighted by Gasteiger charge is 2.46. The zero-order valence-corrected chi connectivity index (χ0v) is 33.9. The van der Waals surface area contributed by atoms with Gasteiger partial charge in [-0.1, -0.05) is 62.4 Å². The van der Waals surface area contributed by atoms with Gasteiger partial charge < -0.3 is 44.6 Å². The summed E-state index contributed by atoms with van der Waals surface area (Å²) in [6.45, 7) is 7.87. The molecular formula is C43H54N8O7. The summed E-state index contributed by atoms with van der Waals surface area (Å²) < 4.78 is 15.7. The van der Waals surface area contributed by atoms with E-state index in [1.54, 1.807) is 0 Å². The number of benzene rings is 2. The van der Waals surface area contributed by atoms with E-state index in [1.807, 2.05) is 36.8 Å². The first-order valence-corrected chi connectivity index (χ1v) is 20.2. The molecule has 3 aliphatic heterocycles. The molecule has 0 spiro atoms. The number of alkyl carbamates (subject to hydrolysis) is 2. The Morgan fingerprint density at radius 1 is 0.879 bits per heavy atom. The van der Waals surface area contributed by atoms with Gasteiger partial charge in [-0.05, 0) is 74.5 Å². The van der Waals surface area contributed by atoms with Crippen molar-refractivity contribution < 1.29 is 33.4 Å². The van der Waals surface area contributed by atoms with E-state index in [0.29, 0.717) is 44.4 Å². The van der Waals surface area contributed by atoms with Crippen molar-refractivity contribution in [2.45, 2.75) is 96.0 Å². The van der Waals surface area contributed by atoms with Crippen molar-refractivity contribution in [1.82, 2.24) is 40.4 Å². The summed E-state index contributed by atoms with van der Waals surface area (Å²) in [6.07, 6.45) is 5.72. The van der Waals surface area contributed by atoms with Crippen molar-refractivity contribution in [3.63, 3.8) is 0 Å². The van der Waals surface area contributed by atoms with Gasteiger partial charge in [-0.3, -0.25) is 9.59 Å². The Labute approximate surface area is 338 Å². The van der Waals surface area contributed by atoms with Gasteiger partial charge in [0.05, 0.1) is 55.7 Å². The number of methoxy groups -OCH3 is 2. The fourth-order valence-corrected chi connectivity index (χ4v) is 8.47. The Bertz CT molecular complexity index is 2100. The van der Waals surface area contributed by atoms with E-state index >= 15 is 0 Å². The van der Waals surface area contributed by atoms with Crippen LogP contribution in [0.15, 0.2) is 54.7 Å². The first kappa shape index (κ1) is 40.5. The predicted molar refractivity (Wildman–Crippen MR) is 216 cm³/mol. The third-order valence-corrected chi connectivity index (χ3v) is 11.8. The number of fused-ring (bicyclic) bond motifs is 4. The first-order valence-electron chi connectivity index (χ1n) is 20.2. The minimum atomic E-state index is -0.713. The molecule has 5 heterocycles. The van der Waals surface area contributed by atoms with Crippen LogP contribution in [0, 0.1) is 5.92 Å². The number of rotatable bonds is 8. The molecule has 2 saturated heterocycles. The number of H-pyrrole nitrogens is 2. The SMILES string of the molecule is COC(=O)N[C@H]1CCCCOCc2[nH]c(nc2-c2ccc(-c3ccc(-c4cnc([C@]5(C)CCCN5C(=O)[C@@H](NC(=O)OC)C(C)C)[nH]4)cc3)cc2)[C@@H]2CCCN2C1=O. The molecule has 15 heteroatoms. The highest BCUT2D eigenvalue weighted by Crippen LogP contribution is 2.39. The molecule has 0 aliphatic carbocycles. The molecule has 3 aliphatic rings. The van der Waals surface area contributed by atoms with Crippen LogP contribution in [0.5, 0.6) is 0 Å². The molecule has 58 heavy (non-hydrogen) atoms. The summed E-state index contributed by atoms with van der Waals surface area (Å²) in [6, 6.07) is 14.9. The number of amides is 4. The van der Waals surface area contributed by atoms with Crippen LogP contribution in [0.25, 0.3) is 33.6 Å². The molecule has 15 nitrogen and oxygen atoms in total. The lowest BCUT2D eigenvalue weighted by Crippen LogP contribution is -2.55. The van der Waals surface area contributed by atoms with Crippen LogP contribution >= 0.6 is 0 Å². The summed E-state index contributed by atoms with van der Waals surface area (Å²) in [4.78, 5) is 72.1. The topological polar surface area (TPSA) is 184 Å². The minimum Gasteiger partial charge on any atom is -0.453 e. The fraction of sp³-hybridized carbons (Fsp3) is 0.488. The van der Waals surface area contributed by atoms with Crippen LogP contribution in [0.2, 0.25) is 0 Å². The Balaban J connectivity index is 1.07. The number of imidazole rings is 2. The first-order chi connectivity index (χ1) is 28.0. The number of aromatic amines is 2. The zero-order valence-electron chi connectivity index (χ0n) is 33.9. The van der Waals surface area contributed by atoms with Crippen LogP contribution in [-0.2, 0) is 35.9 Å². The Morgan fingerprint density at radius 2 is 1.57 bits per heavy atom. The number of nitrogens with zero attached hydrogens (tertiary/aromatic N) is 4. The van der Waals surface area contributed by atoms with Crippen LogP contribution in [-0.4, -0.2) is 99.7 Å². The van der Waals surface area contributed by atoms with Crippen LogP contribution in [0.4, 0.5) is 9.59 Å². The van der Waals surface area contributed by atoms with Crippen molar-refractivity contribution in [1.29, 1.82) is 0 Å². The van der Waals surface area contributed by atoms with Crippen LogP contribution in [0.1, 0.15) is 89.1 Å². The number of nitrogens with one attached hydrogen (secondary N) is 4. The number of ether oxygens (including phenoxy) is 3. The number of carbonyl (C=O) groups excluding carboxylic acids is 4. The third-order valence-electron chi connectivity index (χ3n) is 11.8. The van der Waals surface area contributed by atoms with Gasteiger partial charge in [-0.15, -0.1) is 0 Å². The van der Waals surface area contributed by atoms with Crippen LogP contribution < -0.4 is 10.6 Å². The maximum absolute atomic E-state index is 13.8. The third kappa shape index (κ3) is 8.31. The summed E-state index contributed by atoms with van der Waals surface area (Å²) in [7, 11) is 2.59. The van der Waals surface area contributed by atoms with Gasteiger partial charge in [0.2, 0.25) is 11.8 Å². The van der Waals surface area contributed by atoms with Gasteiger partial charge >= 0.3 is 12.2 Å². The molecule has 0 unspecified atom stereocenters. The van der Waals surface area contributed by atoms with E-state index in [-0.39, 0.29) is 23.8 Å². The van der Waals surface area contributed by atoms with Crippen LogP contribution in [0.3, 0.4) is 0 Å². The van der Waals surface area contributed by atoms with E-state index in [1.165, 1.54) is 14.2 Å². The van der Waals surface area contributed by atoms with Gasteiger partial charge in [0.1, 0.15) is 23.7 Å². The lowest BCUT2D eigenvalue weighted by atomic mass is 9.95. The van der Waals surface area contributed by atoms with Gasteiger partial charge in [0, 0.05) is 25.3 Å². The molecule has 0 saturated carbocycles. The Hall–Kier alpha value is -5.70. The molecule has 2 fully saturated rings. The molecule has 2 aromatic carbocycles. The molecule has 4 atom stereocenters. The van der Waals surface area contributed by atoms with E-state index in [2.05, 4.69) is 69.1 Å². The largest absolute Gasteiger partial charge is 0.453 e. The second-order valence-corrected chi connectivity index (χ2v) is 15.9. The second kappa shape index (κ2) is 17.4. The molecule has 4 amide bonds. The van der Waals surface area contributed by atoms with E-state index < -0.39 is 29.8 Å². The molecule has 2 aromatic heterocycles. The maximum Gasteiger partial charge on any atom is 0.407 e. The van der Waals surface area contributed by atoms with E-state index in [9.17, 15) is 19.2 Å². The highest BCUT2D eigenvalue weighted by atomic mass is 16.5. The minimum absolute atomic E-state index is 0.122. The number of carbonyl (C=O) groups is 4. The molecule has 4 aromatic rings. The fourth-order valence-electron chi connectivity index (χ4n) is 8.47. The Kier molecular flexibility index (Phi) is 12.2. The quantitative estimate of drug-likeness (QED) is 0.156. The van der Waals surface area contributed by atoms with Crippen molar-refractivity contribution in [3.05, 3.63) is 72.1 Å². The smallest absolute Gasteiger partial charge is 0.407 e. The number of likely N-dealkylation sites (tertiary alicyclic amines) is 1. The molecule has 4 N–H and O–H groups in total. The number of hydrogen-bond acceptors (Lipinski definition) is 9. The van der Waals surface area contributed by atoms with E-state index in [4.69, 9.17) is 24.2 Å². The number of aromatic nitrogens is 4.